The van der Waals surface area contributed by atoms with Crippen LogP contribution in [0.4, 0.5) is 0 Å². The minimum Gasteiger partial charge on any atom is -0.486 e. The van der Waals surface area contributed by atoms with Gasteiger partial charge >= 0.3 is 0 Å². The largest absolute Gasteiger partial charge is 0.486 e. The molecule has 3 rings (SSSR count). The molecule has 0 radical (unpaired) electrons. The van der Waals surface area contributed by atoms with Gasteiger partial charge in [0.15, 0.2) is 5.78 Å². The van der Waals surface area contributed by atoms with Crippen molar-refractivity contribution in [3.63, 3.8) is 0 Å². The first-order valence-corrected chi connectivity index (χ1v) is 11.3. The van der Waals surface area contributed by atoms with E-state index in [0.29, 0.717) is 18.6 Å². The third-order valence-electron chi connectivity index (χ3n) is 6.10. The van der Waals surface area contributed by atoms with Gasteiger partial charge in [-0.2, -0.15) is 0 Å². The first kappa shape index (κ1) is 24.3. The molecular formula is C28H32N2O3. The Kier molecular flexibility index (Phi) is 7.42. The van der Waals surface area contributed by atoms with Crippen LogP contribution in [0.25, 0.3) is 11.1 Å². The number of hydrogen-bond donors (Lipinski definition) is 0. The molecule has 2 aromatic carbocycles. The molecule has 0 atom stereocenters. The number of aryl methyl sites for hydroxylation is 3. The van der Waals surface area contributed by atoms with Crippen LogP contribution in [-0.2, 0) is 21.4 Å². The molecule has 0 saturated heterocycles. The minimum atomic E-state index is -0.636. The third kappa shape index (κ3) is 5.72. The van der Waals surface area contributed by atoms with E-state index in [2.05, 4.69) is 16.0 Å². The molecule has 33 heavy (non-hydrogen) atoms. The molecule has 0 N–H and O–H groups in total. The van der Waals surface area contributed by atoms with Crippen molar-refractivity contribution < 1.29 is 14.3 Å². The third-order valence-corrected chi connectivity index (χ3v) is 6.10. The number of carbonyl (C=O) groups is 2. The molecule has 0 aliphatic carbocycles. The zero-order chi connectivity index (χ0) is 24.2. The van der Waals surface area contributed by atoms with E-state index < -0.39 is 5.41 Å². The van der Waals surface area contributed by atoms with Gasteiger partial charge < -0.3 is 4.74 Å². The van der Waals surface area contributed by atoms with E-state index in [1.165, 1.54) is 0 Å². The summed E-state index contributed by atoms with van der Waals surface area (Å²) in [5.74, 6) is 1.62. The normalized spacial score (nSPS) is 11.3. The summed E-state index contributed by atoms with van der Waals surface area (Å²) >= 11 is 0. The Bertz CT molecular complexity index is 1160. The molecule has 0 aliphatic heterocycles. The maximum atomic E-state index is 13.3. The molecule has 172 valence electrons. The van der Waals surface area contributed by atoms with Crippen molar-refractivity contribution >= 4 is 11.6 Å². The highest BCUT2D eigenvalue weighted by Crippen LogP contribution is 2.32. The Morgan fingerprint density at radius 3 is 2.21 bits per heavy atom. The minimum absolute atomic E-state index is 0.0618. The summed E-state index contributed by atoms with van der Waals surface area (Å²) in [6, 6.07) is 11.9. The van der Waals surface area contributed by atoms with Gasteiger partial charge in [0.1, 0.15) is 24.0 Å². The highest BCUT2D eigenvalue weighted by molar-refractivity contribution is 5.91. The van der Waals surface area contributed by atoms with Crippen LogP contribution in [-0.4, -0.2) is 28.1 Å². The zero-order valence-electron chi connectivity index (χ0n) is 20.4. The maximum Gasteiger partial charge on any atom is 0.169 e. The summed E-state index contributed by atoms with van der Waals surface area (Å²) in [5.41, 5.74) is 5.29. The van der Waals surface area contributed by atoms with E-state index in [4.69, 9.17) is 4.74 Å². The lowest BCUT2D eigenvalue weighted by Gasteiger charge is -2.26. The van der Waals surface area contributed by atoms with E-state index in [1.807, 2.05) is 84.3 Å². The van der Waals surface area contributed by atoms with Gasteiger partial charge in [-0.15, -0.1) is 0 Å². The van der Waals surface area contributed by atoms with Gasteiger partial charge in [0.25, 0.3) is 0 Å². The second kappa shape index (κ2) is 10.1. The fourth-order valence-electron chi connectivity index (χ4n) is 3.89. The molecule has 0 bridgehead atoms. The number of hydrogen-bond acceptors (Lipinski definition) is 5. The Labute approximate surface area is 196 Å². The molecule has 0 aliphatic rings. The molecule has 0 saturated carbocycles. The van der Waals surface area contributed by atoms with Crippen LogP contribution in [0.2, 0.25) is 0 Å². The summed E-state index contributed by atoms with van der Waals surface area (Å²) in [6.07, 6.45) is 4.43. The molecule has 3 aromatic rings. The fraction of sp³-hybridized carbons (Fsp3) is 0.357. The molecular weight excluding hydrogens is 412 g/mol. The molecule has 5 nitrogen and oxygen atoms in total. The topological polar surface area (TPSA) is 69.2 Å². The lowest BCUT2D eigenvalue weighted by Crippen LogP contribution is -2.31. The van der Waals surface area contributed by atoms with Crippen LogP contribution < -0.4 is 4.74 Å². The van der Waals surface area contributed by atoms with Crippen molar-refractivity contribution in [3.05, 3.63) is 76.9 Å². The zero-order valence-corrected chi connectivity index (χ0v) is 20.4. The van der Waals surface area contributed by atoms with Gasteiger partial charge in [0.05, 0.1) is 0 Å². The molecule has 1 aromatic heterocycles. The van der Waals surface area contributed by atoms with Crippen molar-refractivity contribution in [2.24, 2.45) is 0 Å². The van der Waals surface area contributed by atoms with E-state index in [-0.39, 0.29) is 18.2 Å². The highest BCUT2D eigenvalue weighted by Gasteiger charge is 2.31. The van der Waals surface area contributed by atoms with Gasteiger partial charge in [-0.3, -0.25) is 9.59 Å². The Hall–Kier alpha value is -3.34. The summed E-state index contributed by atoms with van der Waals surface area (Å²) in [7, 11) is 0. The Morgan fingerprint density at radius 1 is 0.909 bits per heavy atom. The molecule has 0 amide bonds. The maximum absolute atomic E-state index is 13.3. The van der Waals surface area contributed by atoms with Gasteiger partial charge in [-0.1, -0.05) is 37.3 Å². The van der Waals surface area contributed by atoms with Crippen LogP contribution >= 0.6 is 0 Å². The van der Waals surface area contributed by atoms with Gasteiger partial charge in [0, 0.05) is 36.2 Å². The SMILES string of the molecule is CCC(=O)COc1ccc(CC(=O)C(C)(C)c2ccc(-c3cnc(C)nc3)cc2C)cc1C. The number of ether oxygens (including phenoxy) is 1. The summed E-state index contributed by atoms with van der Waals surface area (Å²) in [6.45, 7) is 11.7. The van der Waals surface area contributed by atoms with Gasteiger partial charge in [-0.05, 0) is 68.5 Å². The fourth-order valence-corrected chi connectivity index (χ4v) is 3.89. The number of rotatable bonds is 9. The summed E-state index contributed by atoms with van der Waals surface area (Å²) in [5, 5.41) is 0. The summed E-state index contributed by atoms with van der Waals surface area (Å²) in [4.78, 5) is 33.4. The highest BCUT2D eigenvalue weighted by atomic mass is 16.5. The first-order valence-electron chi connectivity index (χ1n) is 11.3. The number of benzene rings is 2. The van der Waals surface area contributed by atoms with Crippen LogP contribution in [0, 0.1) is 20.8 Å². The van der Waals surface area contributed by atoms with Crippen molar-refractivity contribution in [2.75, 3.05) is 6.61 Å². The molecule has 0 fully saturated rings. The predicted octanol–water partition coefficient (Wildman–Crippen LogP) is 5.52. The molecule has 0 unspecified atom stereocenters. The number of carbonyl (C=O) groups excluding carboxylic acids is 2. The molecule has 0 spiro atoms. The monoisotopic (exact) mass is 444 g/mol. The van der Waals surface area contributed by atoms with Crippen LogP contribution in [0.1, 0.15) is 55.3 Å². The van der Waals surface area contributed by atoms with Gasteiger partial charge in [-0.25, -0.2) is 9.97 Å². The second-order valence-electron chi connectivity index (χ2n) is 9.05. The molecule has 5 heteroatoms. The predicted molar refractivity (Wildman–Crippen MR) is 131 cm³/mol. The average Bonchev–Trinajstić information content (AvgIpc) is 2.78. The van der Waals surface area contributed by atoms with Crippen molar-refractivity contribution in [1.82, 2.24) is 9.97 Å². The summed E-state index contributed by atoms with van der Waals surface area (Å²) < 4.78 is 5.61. The standard InChI is InChI=1S/C28H32N2O3/c1-7-24(31)17-33-26-11-8-21(12-19(26)3)14-27(32)28(5,6)25-10-9-22(13-18(25)2)23-15-29-20(4)30-16-23/h8-13,15-16H,7,14,17H2,1-6H3. The van der Waals surface area contributed by atoms with E-state index in [0.717, 1.165) is 39.2 Å². The second-order valence-corrected chi connectivity index (χ2v) is 9.05. The van der Waals surface area contributed by atoms with Crippen LogP contribution in [0.15, 0.2) is 48.8 Å². The number of aromatic nitrogens is 2. The van der Waals surface area contributed by atoms with Crippen LogP contribution in [0.3, 0.4) is 0 Å². The van der Waals surface area contributed by atoms with Gasteiger partial charge in [0.2, 0.25) is 0 Å². The number of Topliss-reactive ketones (excluding diaryl/α,β-unsaturated/α-hetero) is 2. The number of ketones is 2. The van der Waals surface area contributed by atoms with Crippen molar-refractivity contribution in [1.29, 1.82) is 0 Å². The average molecular weight is 445 g/mol. The van der Waals surface area contributed by atoms with Crippen LogP contribution in [0.5, 0.6) is 5.75 Å². The van der Waals surface area contributed by atoms with E-state index >= 15 is 0 Å². The van der Waals surface area contributed by atoms with E-state index in [1.54, 1.807) is 0 Å². The smallest absolute Gasteiger partial charge is 0.169 e. The van der Waals surface area contributed by atoms with E-state index in [9.17, 15) is 9.59 Å². The lowest BCUT2D eigenvalue weighted by atomic mass is 9.76. The Morgan fingerprint density at radius 2 is 1.61 bits per heavy atom. The quantitative estimate of drug-likeness (QED) is 0.435. The first-order chi connectivity index (χ1) is 15.6. The van der Waals surface area contributed by atoms with Crippen molar-refractivity contribution in [3.8, 4) is 16.9 Å². The molecule has 1 heterocycles. The number of nitrogens with zero attached hydrogens (tertiary/aromatic N) is 2. The lowest BCUT2D eigenvalue weighted by molar-refractivity contribution is -0.123. The van der Waals surface area contributed by atoms with Crippen molar-refractivity contribution in [2.45, 2.75) is 59.8 Å². The Balaban J connectivity index is 1.76.